The summed E-state index contributed by atoms with van der Waals surface area (Å²) in [6.07, 6.45) is 0. The Hall–Kier alpha value is -5.78. The second-order valence-corrected chi connectivity index (χ2v) is 16.1. The zero-order valence-electron chi connectivity index (χ0n) is 33.0. The number of thiophene rings is 1. The minimum atomic E-state index is 0.647. The van der Waals surface area contributed by atoms with E-state index in [2.05, 4.69) is 176 Å². The molecule has 0 radical (unpaired) electrons. The van der Waals surface area contributed by atoms with Crippen molar-refractivity contribution in [2.75, 3.05) is 0 Å². The Morgan fingerprint density at radius 1 is 0.286 bits per heavy atom. The van der Waals surface area contributed by atoms with Crippen LogP contribution in [0.3, 0.4) is 0 Å². The fourth-order valence-electron chi connectivity index (χ4n) is 8.23. The molecule has 0 aliphatic carbocycles. The Kier molecular flexibility index (Phi) is 9.22. The lowest BCUT2D eigenvalue weighted by Crippen LogP contribution is -2.47. The highest BCUT2D eigenvalue weighted by atomic mass is 32.1. The molecule has 7 aromatic carbocycles. The normalized spacial score (nSPS) is 11.4. The van der Waals surface area contributed by atoms with Gasteiger partial charge < -0.3 is 0 Å². The highest BCUT2D eigenvalue weighted by Gasteiger charge is 2.21. The molecule has 11 heteroatoms. The van der Waals surface area contributed by atoms with Gasteiger partial charge in [-0.2, -0.15) is 0 Å². The van der Waals surface area contributed by atoms with Crippen molar-refractivity contribution in [2.45, 2.75) is 0 Å². The van der Waals surface area contributed by atoms with Crippen LogP contribution < -0.4 is 38.2 Å². The van der Waals surface area contributed by atoms with Crippen LogP contribution in [-0.4, -0.2) is 69.9 Å². The van der Waals surface area contributed by atoms with Crippen LogP contribution >= 0.6 is 11.3 Å². The number of rotatable bonds is 6. The van der Waals surface area contributed by atoms with E-state index in [0.29, 0.717) is 17.5 Å². The molecule has 2 aromatic heterocycles. The summed E-state index contributed by atoms with van der Waals surface area (Å²) >= 11 is 1.96. The molecule has 0 aliphatic rings. The molecular weight excluding hydrogens is 690 g/mol. The molecule has 9 rings (SSSR count). The summed E-state index contributed by atoms with van der Waals surface area (Å²) in [5.74, 6) is 1.94. The monoisotopic (exact) mass is 727 g/mol. The number of hydrogen-bond donors (Lipinski definition) is 0. The standard InChI is InChI=1S/C45H36B7N3S/c46-34-31(35(47)39(51)41-32(34)33-36(48)37(49)38(50)40(52)42(33)56-41)27-15-21-30(22-16-27)45-54-43(28-17-11-25(12-18-28)23-7-3-1-4-8-23)53-44(55-45)29-19-13-26(14-20-29)24-9-5-2-6-10-24/h1-22H,46-52H2. The molecule has 0 spiro atoms. The number of benzene rings is 7. The highest BCUT2D eigenvalue weighted by molar-refractivity contribution is 7.28. The summed E-state index contributed by atoms with van der Waals surface area (Å²) in [5, 5.41) is 2.82. The lowest BCUT2D eigenvalue weighted by molar-refractivity contribution is 1.07. The lowest BCUT2D eigenvalue weighted by Gasteiger charge is -2.18. The Morgan fingerprint density at radius 3 is 1.04 bits per heavy atom. The van der Waals surface area contributed by atoms with Crippen molar-refractivity contribution >= 4 is 125 Å². The molecule has 56 heavy (non-hydrogen) atoms. The van der Waals surface area contributed by atoms with E-state index in [4.69, 9.17) is 15.0 Å². The third-order valence-corrected chi connectivity index (χ3v) is 13.3. The SMILES string of the molecule is Bc1c(B)c(B)c2c(sc3c(B)c(B)c(-c4ccc(-c5nc(-c6ccc(-c7ccccc7)cc6)nc(-c6ccc(-c7ccccc7)cc6)n5)cc4)c(B)c32)c1B. The van der Waals surface area contributed by atoms with Crippen LogP contribution in [0.1, 0.15) is 0 Å². The zero-order valence-corrected chi connectivity index (χ0v) is 33.8. The average molecular weight is 727 g/mol. The summed E-state index contributed by atoms with van der Waals surface area (Å²) in [7, 11) is 16.0. The Morgan fingerprint density at radius 2 is 0.607 bits per heavy atom. The van der Waals surface area contributed by atoms with Crippen molar-refractivity contribution in [1.82, 2.24) is 15.0 Å². The molecule has 0 unspecified atom stereocenters. The molecule has 0 fully saturated rings. The first-order valence-corrected chi connectivity index (χ1v) is 20.1. The van der Waals surface area contributed by atoms with Crippen molar-refractivity contribution in [3.05, 3.63) is 133 Å². The quantitative estimate of drug-likeness (QED) is 0.228. The molecule has 0 saturated carbocycles. The van der Waals surface area contributed by atoms with E-state index in [1.165, 1.54) is 80.7 Å². The molecule has 0 atom stereocenters. The van der Waals surface area contributed by atoms with Crippen LogP contribution in [0.5, 0.6) is 0 Å². The molecule has 0 aliphatic heterocycles. The third-order valence-electron chi connectivity index (χ3n) is 11.9. The fraction of sp³-hybridized carbons (Fsp3) is 0. The van der Waals surface area contributed by atoms with Gasteiger partial charge in [-0.15, -0.1) is 22.3 Å². The summed E-state index contributed by atoms with van der Waals surface area (Å²) in [4.78, 5) is 15.3. The molecule has 3 nitrogen and oxygen atoms in total. The van der Waals surface area contributed by atoms with Gasteiger partial charge in [-0.3, -0.25) is 0 Å². The van der Waals surface area contributed by atoms with E-state index < -0.39 is 0 Å². The minimum absolute atomic E-state index is 0.647. The van der Waals surface area contributed by atoms with Gasteiger partial charge >= 0.3 is 0 Å². The van der Waals surface area contributed by atoms with E-state index in [-0.39, 0.29) is 0 Å². The minimum Gasteiger partial charge on any atom is -0.208 e. The second kappa shape index (κ2) is 14.4. The molecule has 9 aromatic rings. The number of fused-ring (bicyclic) bond motifs is 3. The second-order valence-electron chi connectivity index (χ2n) is 15.0. The molecule has 258 valence electrons. The van der Waals surface area contributed by atoms with Gasteiger partial charge in [-0.25, -0.2) is 15.0 Å². The van der Waals surface area contributed by atoms with Crippen molar-refractivity contribution in [1.29, 1.82) is 0 Å². The number of nitrogens with zero attached hydrogens (tertiary/aromatic N) is 3. The van der Waals surface area contributed by atoms with Crippen LogP contribution in [0.15, 0.2) is 133 Å². The molecule has 0 bridgehead atoms. The number of aromatic nitrogens is 3. The van der Waals surface area contributed by atoms with Gasteiger partial charge in [0.1, 0.15) is 54.9 Å². The van der Waals surface area contributed by atoms with Crippen LogP contribution in [0.4, 0.5) is 0 Å². The van der Waals surface area contributed by atoms with Crippen molar-refractivity contribution in [3.8, 4) is 67.5 Å². The molecule has 0 saturated heterocycles. The Bertz CT molecular complexity index is 2850. The van der Waals surface area contributed by atoms with Crippen LogP contribution in [0.25, 0.3) is 87.7 Å². The summed E-state index contributed by atoms with van der Waals surface area (Å²) < 4.78 is 2.83. The van der Waals surface area contributed by atoms with E-state index in [9.17, 15) is 0 Å². The number of hydrogen-bond acceptors (Lipinski definition) is 4. The zero-order chi connectivity index (χ0) is 38.7. The van der Waals surface area contributed by atoms with Gasteiger partial charge in [0.05, 0.1) is 0 Å². The van der Waals surface area contributed by atoms with E-state index in [0.717, 1.165) is 27.8 Å². The van der Waals surface area contributed by atoms with Gasteiger partial charge in [0.2, 0.25) is 0 Å². The van der Waals surface area contributed by atoms with E-state index in [1.54, 1.807) is 0 Å². The van der Waals surface area contributed by atoms with Gasteiger partial charge in [-0.05, 0) is 44.2 Å². The molecule has 0 N–H and O–H groups in total. The maximum absolute atomic E-state index is 5.10. The van der Waals surface area contributed by atoms with Crippen LogP contribution in [-0.2, 0) is 0 Å². The van der Waals surface area contributed by atoms with Crippen molar-refractivity contribution < 1.29 is 0 Å². The predicted molar refractivity (Wildman–Crippen MR) is 263 cm³/mol. The van der Waals surface area contributed by atoms with Crippen molar-refractivity contribution in [3.63, 3.8) is 0 Å². The van der Waals surface area contributed by atoms with Gasteiger partial charge in [0.15, 0.2) is 17.5 Å². The summed E-state index contributed by atoms with van der Waals surface area (Å²) in [6.45, 7) is 0. The predicted octanol–water partition coefficient (Wildman–Crippen LogP) is 0.0503. The fourth-order valence-corrected chi connectivity index (χ4v) is 9.76. The summed E-state index contributed by atoms with van der Waals surface area (Å²) in [6, 6.07) is 46.7. The largest absolute Gasteiger partial charge is 0.208 e. The van der Waals surface area contributed by atoms with Crippen LogP contribution in [0, 0.1) is 0 Å². The van der Waals surface area contributed by atoms with Crippen molar-refractivity contribution in [2.24, 2.45) is 0 Å². The third kappa shape index (κ3) is 6.15. The topological polar surface area (TPSA) is 38.7 Å². The van der Waals surface area contributed by atoms with Gasteiger partial charge in [0, 0.05) is 26.1 Å². The van der Waals surface area contributed by atoms with E-state index >= 15 is 0 Å². The van der Waals surface area contributed by atoms with Gasteiger partial charge in [-0.1, -0.05) is 161 Å². The maximum atomic E-state index is 5.10. The molecule has 0 amide bonds. The highest BCUT2D eigenvalue weighted by Crippen LogP contribution is 2.32. The first kappa shape index (κ1) is 35.9. The Balaban J connectivity index is 1.15. The smallest absolute Gasteiger partial charge is 0.164 e. The molecular formula is C45H36B7N3S. The van der Waals surface area contributed by atoms with Gasteiger partial charge in [0.25, 0.3) is 0 Å². The molecule has 2 heterocycles. The first-order valence-electron chi connectivity index (χ1n) is 19.3. The van der Waals surface area contributed by atoms with Crippen LogP contribution in [0.2, 0.25) is 0 Å². The summed E-state index contributed by atoms with van der Waals surface area (Å²) in [5.41, 5.74) is 19.7. The Labute approximate surface area is 338 Å². The maximum Gasteiger partial charge on any atom is 0.164 e. The lowest BCUT2D eigenvalue weighted by atomic mass is 9.64. The average Bonchev–Trinajstić information content (AvgIpc) is 3.67. The van der Waals surface area contributed by atoms with E-state index in [1.807, 2.05) is 23.5 Å². The first-order chi connectivity index (χ1) is 27.2.